The molecule has 1 aliphatic carbocycles. The van der Waals surface area contributed by atoms with Gasteiger partial charge in [-0.25, -0.2) is 9.59 Å². The lowest BCUT2D eigenvalue weighted by atomic mass is 10.0. The summed E-state index contributed by atoms with van der Waals surface area (Å²) >= 11 is 0. The van der Waals surface area contributed by atoms with Crippen molar-refractivity contribution in [1.29, 1.82) is 0 Å². The number of carbonyl (C=O) groups excluding carboxylic acids is 4. The third kappa shape index (κ3) is 6.04. The highest BCUT2D eigenvalue weighted by molar-refractivity contribution is 5.93. The molecule has 1 aliphatic heterocycles. The average molecular weight is 428 g/mol. The van der Waals surface area contributed by atoms with Gasteiger partial charge in [-0.3, -0.25) is 9.59 Å². The fraction of sp³-hybridized carbons (Fsp3) is 0.391. The number of Topliss-reactive ketones (excluding diaryl/α,β-unsaturated/α-hetero) is 1. The number of benzene rings is 1. The summed E-state index contributed by atoms with van der Waals surface area (Å²) in [6.45, 7) is 2.76. The summed E-state index contributed by atoms with van der Waals surface area (Å²) in [5.41, 5.74) is 0.691. The van der Waals surface area contributed by atoms with Gasteiger partial charge < -0.3 is 19.3 Å². The number of esters is 3. The molecule has 1 fully saturated rings. The Kier molecular flexibility index (Phi) is 6.89. The van der Waals surface area contributed by atoms with Crippen molar-refractivity contribution in [3.8, 4) is 5.75 Å². The van der Waals surface area contributed by atoms with Gasteiger partial charge in [-0.05, 0) is 37.1 Å². The van der Waals surface area contributed by atoms with Crippen molar-refractivity contribution in [3.05, 3.63) is 48.1 Å². The molecule has 2 aliphatic rings. The number of carbonyl (C=O) groups is 4. The van der Waals surface area contributed by atoms with Gasteiger partial charge in [0.05, 0.1) is 0 Å². The third-order valence-corrected chi connectivity index (χ3v) is 5.18. The van der Waals surface area contributed by atoms with Crippen LogP contribution in [-0.4, -0.2) is 47.1 Å². The summed E-state index contributed by atoms with van der Waals surface area (Å²) in [6, 6.07) is 6.24. The van der Waals surface area contributed by atoms with Crippen molar-refractivity contribution in [2.75, 3.05) is 0 Å². The molecule has 5 atom stereocenters. The van der Waals surface area contributed by atoms with Crippen LogP contribution in [0.1, 0.15) is 32.3 Å². The fourth-order valence-corrected chi connectivity index (χ4v) is 3.59. The summed E-state index contributed by atoms with van der Waals surface area (Å²) in [4.78, 5) is 47.8. The zero-order valence-electron chi connectivity index (χ0n) is 17.2. The number of ketones is 1. The molecule has 1 saturated carbocycles. The first kappa shape index (κ1) is 22.3. The topological polar surface area (TPSA) is 116 Å². The van der Waals surface area contributed by atoms with E-state index in [1.807, 2.05) is 0 Å². The fourth-order valence-electron chi connectivity index (χ4n) is 3.59. The van der Waals surface area contributed by atoms with E-state index in [2.05, 4.69) is 0 Å². The van der Waals surface area contributed by atoms with Crippen LogP contribution in [0.4, 0.5) is 0 Å². The zero-order valence-corrected chi connectivity index (χ0v) is 17.2. The molecule has 3 rings (SSSR count). The average Bonchev–Trinajstić information content (AvgIpc) is 3.51. The molecule has 1 N–H and O–H groups in total. The largest absolute Gasteiger partial charge is 0.508 e. The van der Waals surface area contributed by atoms with E-state index in [0.717, 1.165) is 0 Å². The maximum Gasteiger partial charge on any atom is 0.331 e. The monoisotopic (exact) mass is 428 g/mol. The van der Waals surface area contributed by atoms with E-state index in [-0.39, 0.29) is 17.5 Å². The van der Waals surface area contributed by atoms with Gasteiger partial charge in [-0.15, -0.1) is 0 Å². The molecule has 1 aromatic carbocycles. The van der Waals surface area contributed by atoms with Gasteiger partial charge in [-0.1, -0.05) is 18.2 Å². The predicted molar refractivity (Wildman–Crippen MR) is 108 cm³/mol. The third-order valence-electron chi connectivity index (χ3n) is 5.18. The molecule has 0 saturated heterocycles. The standard InChI is InChI=1S/C23H24O8/c1-13(29-21(27)11-8-15-6-9-16(25)10-7-15)22(28)17-12-18(17)23(30-14(2)24)19-4-3-5-20(26)31-19/h3,5-11,13,17-19,23,25H,4,12H2,1-2H3/b11-8+/t13-,17+,18+,19-,23+/m1/s1. The van der Waals surface area contributed by atoms with Crippen molar-refractivity contribution < 1.29 is 38.5 Å². The Morgan fingerprint density at radius 2 is 1.90 bits per heavy atom. The summed E-state index contributed by atoms with van der Waals surface area (Å²) in [6.07, 6.45) is 4.19. The highest BCUT2D eigenvalue weighted by Gasteiger charge is 2.53. The summed E-state index contributed by atoms with van der Waals surface area (Å²) in [5.74, 6) is -2.61. The van der Waals surface area contributed by atoms with E-state index in [9.17, 15) is 24.3 Å². The Labute approximate surface area is 179 Å². The molecule has 8 heteroatoms. The number of phenols is 1. The molecule has 0 amide bonds. The molecule has 0 spiro atoms. The first-order valence-corrected chi connectivity index (χ1v) is 10.0. The molecule has 164 valence electrons. The second-order valence-electron chi connectivity index (χ2n) is 7.60. The lowest BCUT2D eigenvalue weighted by Gasteiger charge is -2.27. The molecule has 31 heavy (non-hydrogen) atoms. The second-order valence-corrected chi connectivity index (χ2v) is 7.60. The normalized spacial score (nSPS) is 24.2. The van der Waals surface area contributed by atoms with Crippen LogP contribution in [0.5, 0.6) is 5.75 Å². The van der Waals surface area contributed by atoms with E-state index in [0.29, 0.717) is 18.4 Å². The lowest BCUT2D eigenvalue weighted by Crippen LogP contribution is -2.38. The summed E-state index contributed by atoms with van der Waals surface area (Å²) in [7, 11) is 0. The number of phenolic OH excluding ortho intramolecular Hbond substituents is 1. The molecule has 1 aromatic rings. The first-order valence-electron chi connectivity index (χ1n) is 10.0. The Morgan fingerprint density at radius 3 is 2.55 bits per heavy atom. The number of hydrogen-bond acceptors (Lipinski definition) is 8. The van der Waals surface area contributed by atoms with Gasteiger partial charge in [0.1, 0.15) is 18.0 Å². The van der Waals surface area contributed by atoms with Crippen LogP contribution < -0.4 is 0 Å². The number of cyclic esters (lactones) is 1. The zero-order chi connectivity index (χ0) is 22.5. The van der Waals surface area contributed by atoms with Crippen LogP contribution in [-0.2, 0) is 33.4 Å². The lowest BCUT2D eigenvalue weighted by molar-refractivity contribution is -0.167. The molecule has 0 aromatic heterocycles. The highest BCUT2D eigenvalue weighted by Crippen LogP contribution is 2.46. The van der Waals surface area contributed by atoms with E-state index in [4.69, 9.17) is 14.2 Å². The molecule has 8 nitrogen and oxygen atoms in total. The van der Waals surface area contributed by atoms with Crippen molar-refractivity contribution >= 4 is 29.8 Å². The minimum Gasteiger partial charge on any atom is -0.508 e. The van der Waals surface area contributed by atoms with E-state index >= 15 is 0 Å². The van der Waals surface area contributed by atoms with E-state index in [1.165, 1.54) is 44.2 Å². The van der Waals surface area contributed by atoms with Gasteiger partial charge >= 0.3 is 17.9 Å². The minimum atomic E-state index is -0.973. The van der Waals surface area contributed by atoms with E-state index in [1.54, 1.807) is 18.2 Å². The van der Waals surface area contributed by atoms with Gasteiger partial charge in [0.25, 0.3) is 0 Å². The van der Waals surface area contributed by atoms with Crippen molar-refractivity contribution in [3.63, 3.8) is 0 Å². The van der Waals surface area contributed by atoms with Crippen LogP contribution in [0.25, 0.3) is 6.08 Å². The number of rotatable bonds is 8. The molecular formula is C23H24O8. The molecular weight excluding hydrogens is 404 g/mol. The molecule has 0 radical (unpaired) electrons. The first-order chi connectivity index (χ1) is 14.7. The Morgan fingerprint density at radius 1 is 1.19 bits per heavy atom. The molecule has 0 unspecified atom stereocenters. The number of ether oxygens (including phenoxy) is 3. The maximum atomic E-state index is 12.7. The Hall–Kier alpha value is -3.42. The van der Waals surface area contributed by atoms with Crippen LogP contribution in [0, 0.1) is 11.8 Å². The SMILES string of the molecule is CC(=O)O[C@@H]([C@H]1C[C@@H]1C(=O)[C@@H](C)OC(=O)/C=C/c1ccc(O)cc1)[C@H]1CC=CC(=O)O1. The minimum absolute atomic E-state index is 0.115. The van der Waals surface area contributed by atoms with Crippen LogP contribution in [0.2, 0.25) is 0 Å². The smallest absolute Gasteiger partial charge is 0.331 e. The second kappa shape index (κ2) is 9.59. The quantitative estimate of drug-likeness (QED) is 0.381. The maximum absolute atomic E-state index is 12.7. The van der Waals surface area contributed by atoms with Gasteiger partial charge in [-0.2, -0.15) is 0 Å². The van der Waals surface area contributed by atoms with Crippen molar-refractivity contribution in [2.24, 2.45) is 11.8 Å². The Balaban J connectivity index is 1.56. The van der Waals surface area contributed by atoms with E-state index < -0.39 is 42.1 Å². The van der Waals surface area contributed by atoms with Crippen LogP contribution in [0.15, 0.2) is 42.5 Å². The Bertz CT molecular complexity index is 914. The van der Waals surface area contributed by atoms with Crippen molar-refractivity contribution in [2.45, 2.75) is 45.0 Å². The molecule has 0 bridgehead atoms. The van der Waals surface area contributed by atoms with Crippen LogP contribution in [0.3, 0.4) is 0 Å². The van der Waals surface area contributed by atoms with Gasteiger partial charge in [0.2, 0.25) is 0 Å². The summed E-state index contributed by atoms with van der Waals surface area (Å²) in [5, 5.41) is 9.27. The number of hydrogen-bond donors (Lipinski definition) is 1. The highest BCUT2D eigenvalue weighted by atomic mass is 16.6. The predicted octanol–water partition coefficient (Wildman–Crippen LogP) is 2.35. The van der Waals surface area contributed by atoms with Crippen LogP contribution >= 0.6 is 0 Å². The molecule has 1 heterocycles. The van der Waals surface area contributed by atoms with Crippen molar-refractivity contribution in [1.82, 2.24) is 0 Å². The van der Waals surface area contributed by atoms with Gasteiger partial charge in [0.15, 0.2) is 11.9 Å². The van der Waals surface area contributed by atoms with Gasteiger partial charge in [0, 0.05) is 37.3 Å². The number of aromatic hydroxyl groups is 1. The summed E-state index contributed by atoms with van der Waals surface area (Å²) < 4.78 is 15.8.